The zero-order valence-corrected chi connectivity index (χ0v) is 20.1. The average molecular weight is 477 g/mol. The third kappa shape index (κ3) is 6.39. The first-order chi connectivity index (χ1) is 15.4. The minimum Gasteiger partial charge on any atom is -0.497 e. The van der Waals surface area contributed by atoms with Gasteiger partial charge in [-0.3, -0.25) is 9.59 Å². The number of rotatable bonds is 8. The second kappa shape index (κ2) is 11.6. The molecule has 3 rings (SSSR count). The van der Waals surface area contributed by atoms with Gasteiger partial charge in [0.15, 0.2) is 0 Å². The van der Waals surface area contributed by atoms with E-state index in [1.807, 2.05) is 24.3 Å². The van der Waals surface area contributed by atoms with Crippen LogP contribution in [0.4, 0.5) is 0 Å². The highest BCUT2D eigenvalue weighted by Crippen LogP contribution is 2.26. The highest BCUT2D eigenvalue weighted by Gasteiger charge is 2.29. The third-order valence-electron chi connectivity index (χ3n) is 6.02. The van der Waals surface area contributed by atoms with Crippen LogP contribution in [0.2, 0.25) is 10.0 Å². The first-order valence-electron chi connectivity index (χ1n) is 11.0. The van der Waals surface area contributed by atoms with E-state index in [0.717, 1.165) is 37.0 Å². The molecule has 2 aromatic carbocycles. The number of carbonyl (C=O) groups excluding carboxylic acids is 2. The van der Waals surface area contributed by atoms with E-state index in [-0.39, 0.29) is 24.3 Å². The van der Waals surface area contributed by atoms with Gasteiger partial charge < -0.3 is 15.0 Å². The SMILES string of the molecule is COc1ccc(CN(C(=O)Cc2c(Cl)cccc2Cl)[C@H](C)C(=O)NC2CCCCC2)cc1. The number of methoxy groups -OCH3 is 1. The quantitative estimate of drug-likeness (QED) is 0.553. The highest BCUT2D eigenvalue weighted by atomic mass is 35.5. The van der Waals surface area contributed by atoms with Crippen molar-refractivity contribution < 1.29 is 14.3 Å². The Balaban J connectivity index is 1.80. The van der Waals surface area contributed by atoms with Gasteiger partial charge in [0.2, 0.25) is 11.8 Å². The van der Waals surface area contributed by atoms with E-state index < -0.39 is 6.04 Å². The predicted molar refractivity (Wildman–Crippen MR) is 128 cm³/mol. The van der Waals surface area contributed by atoms with Crippen molar-refractivity contribution >= 4 is 35.0 Å². The van der Waals surface area contributed by atoms with Crippen molar-refractivity contribution in [3.05, 3.63) is 63.6 Å². The fourth-order valence-corrected chi connectivity index (χ4v) is 4.56. The molecule has 0 heterocycles. The number of nitrogens with zero attached hydrogens (tertiary/aromatic N) is 1. The Kier molecular flexibility index (Phi) is 8.83. The van der Waals surface area contributed by atoms with Crippen LogP contribution >= 0.6 is 23.2 Å². The van der Waals surface area contributed by atoms with Crippen molar-refractivity contribution in [2.24, 2.45) is 0 Å². The van der Waals surface area contributed by atoms with E-state index in [9.17, 15) is 9.59 Å². The van der Waals surface area contributed by atoms with Gasteiger partial charge in [-0.25, -0.2) is 0 Å². The second-order valence-corrected chi connectivity index (χ2v) is 9.08. The molecule has 32 heavy (non-hydrogen) atoms. The van der Waals surface area contributed by atoms with Crippen molar-refractivity contribution in [3.63, 3.8) is 0 Å². The van der Waals surface area contributed by atoms with Crippen LogP contribution in [0.15, 0.2) is 42.5 Å². The number of carbonyl (C=O) groups is 2. The zero-order valence-electron chi connectivity index (χ0n) is 18.6. The van der Waals surface area contributed by atoms with Gasteiger partial charge in [0.1, 0.15) is 11.8 Å². The molecular weight excluding hydrogens is 447 g/mol. The van der Waals surface area contributed by atoms with Crippen LogP contribution in [0.25, 0.3) is 0 Å². The van der Waals surface area contributed by atoms with Crippen LogP contribution in [0, 0.1) is 0 Å². The molecule has 0 unspecified atom stereocenters. The Morgan fingerprint density at radius 2 is 1.69 bits per heavy atom. The first kappa shape index (κ1) is 24.4. The molecule has 2 amide bonds. The number of hydrogen-bond acceptors (Lipinski definition) is 3. The van der Waals surface area contributed by atoms with E-state index in [2.05, 4.69) is 5.32 Å². The topological polar surface area (TPSA) is 58.6 Å². The first-order valence-corrected chi connectivity index (χ1v) is 11.8. The summed E-state index contributed by atoms with van der Waals surface area (Å²) in [7, 11) is 1.61. The minimum atomic E-state index is -0.632. The maximum absolute atomic E-state index is 13.4. The summed E-state index contributed by atoms with van der Waals surface area (Å²) in [6.07, 6.45) is 5.45. The van der Waals surface area contributed by atoms with Gasteiger partial charge in [0.05, 0.1) is 13.5 Å². The molecular formula is C25H30Cl2N2O3. The highest BCUT2D eigenvalue weighted by molar-refractivity contribution is 6.36. The summed E-state index contributed by atoms with van der Waals surface area (Å²) in [6, 6.07) is 12.2. The molecule has 1 saturated carbocycles. The molecule has 1 atom stereocenters. The van der Waals surface area contributed by atoms with Crippen LogP contribution in [-0.4, -0.2) is 35.9 Å². The van der Waals surface area contributed by atoms with Crippen LogP contribution in [-0.2, 0) is 22.6 Å². The molecule has 0 bridgehead atoms. The Labute approximate surface area is 200 Å². The van der Waals surface area contributed by atoms with Crippen molar-refractivity contribution in [1.82, 2.24) is 10.2 Å². The third-order valence-corrected chi connectivity index (χ3v) is 6.73. The molecule has 1 N–H and O–H groups in total. The molecule has 0 spiro atoms. The summed E-state index contributed by atoms with van der Waals surface area (Å²) in [6.45, 7) is 2.07. The van der Waals surface area contributed by atoms with E-state index in [1.165, 1.54) is 6.42 Å². The summed E-state index contributed by atoms with van der Waals surface area (Å²) < 4.78 is 5.22. The number of ether oxygens (including phenoxy) is 1. The van der Waals surface area contributed by atoms with Gasteiger partial charge >= 0.3 is 0 Å². The standard InChI is InChI=1S/C25H30Cl2N2O3/c1-17(25(31)28-19-7-4-3-5-8-19)29(16-18-11-13-20(32-2)14-12-18)24(30)15-21-22(26)9-6-10-23(21)27/h6,9-14,17,19H,3-5,7-8,15-16H2,1-2H3,(H,28,31)/t17-/m1/s1. The number of nitrogens with one attached hydrogen (secondary N) is 1. The summed E-state index contributed by atoms with van der Waals surface area (Å²) >= 11 is 12.6. The van der Waals surface area contributed by atoms with E-state index >= 15 is 0 Å². The van der Waals surface area contributed by atoms with Gasteiger partial charge in [0, 0.05) is 22.6 Å². The average Bonchev–Trinajstić information content (AvgIpc) is 2.80. The molecule has 5 nitrogen and oxygen atoms in total. The van der Waals surface area contributed by atoms with E-state index in [1.54, 1.807) is 37.1 Å². The minimum absolute atomic E-state index is 0.0235. The second-order valence-electron chi connectivity index (χ2n) is 8.27. The summed E-state index contributed by atoms with van der Waals surface area (Å²) in [4.78, 5) is 28.0. The van der Waals surface area contributed by atoms with E-state index in [4.69, 9.17) is 27.9 Å². The Morgan fingerprint density at radius 1 is 1.06 bits per heavy atom. The molecule has 7 heteroatoms. The monoisotopic (exact) mass is 476 g/mol. The lowest BCUT2D eigenvalue weighted by molar-refractivity contribution is -0.140. The zero-order chi connectivity index (χ0) is 23.1. The van der Waals surface area contributed by atoms with Crippen LogP contribution < -0.4 is 10.1 Å². The smallest absolute Gasteiger partial charge is 0.242 e. The maximum Gasteiger partial charge on any atom is 0.242 e. The lowest BCUT2D eigenvalue weighted by Crippen LogP contribution is -2.50. The molecule has 0 aliphatic heterocycles. The fourth-order valence-electron chi connectivity index (χ4n) is 4.03. The molecule has 0 aromatic heterocycles. The van der Waals surface area contributed by atoms with Gasteiger partial charge in [-0.05, 0) is 55.2 Å². The number of benzene rings is 2. The Bertz CT molecular complexity index is 907. The van der Waals surface area contributed by atoms with Crippen LogP contribution in [0.1, 0.15) is 50.2 Å². The summed E-state index contributed by atoms with van der Waals surface area (Å²) in [5.41, 5.74) is 1.47. The van der Waals surface area contributed by atoms with Gasteiger partial charge in [-0.2, -0.15) is 0 Å². The van der Waals surface area contributed by atoms with Gasteiger partial charge in [-0.1, -0.05) is 60.7 Å². The number of amides is 2. The van der Waals surface area contributed by atoms with Crippen molar-refractivity contribution in [1.29, 1.82) is 0 Å². The van der Waals surface area contributed by atoms with Crippen molar-refractivity contribution in [2.75, 3.05) is 7.11 Å². The fraction of sp³-hybridized carbons (Fsp3) is 0.440. The van der Waals surface area contributed by atoms with E-state index in [0.29, 0.717) is 22.2 Å². The Morgan fingerprint density at radius 3 is 2.28 bits per heavy atom. The lowest BCUT2D eigenvalue weighted by Gasteiger charge is -2.31. The normalized spacial score (nSPS) is 15.1. The molecule has 172 valence electrons. The lowest BCUT2D eigenvalue weighted by atomic mass is 9.95. The number of halogens is 2. The molecule has 1 fully saturated rings. The summed E-state index contributed by atoms with van der Waals surface area (Å²) in [5, 5.41) is 4.02. The van der Waals surface area contributed by atoms with Crippen molar-refractivity contribution in [2.45, 2.75) is 64.1 Å². The Hall–Kier alpha value is -2.24. The summed E-state index contributed by atoms with van der Waals surface area (Å²) in [5.74, 6) is 0.392. The number of hydrogen-bond donors (Lipinski definition) is 1. The predicted octanol–water partition coefficient (Wildman–Crippen LogP) is 5.41. The van der Waals surface area contributed by atoms with Crippen LogP contribution in [0.3, 0.4) is 0 Å². The van der Waals surface area contributed by atoms with Gasteiger partial charge in [-0.15, -0.1) is 0 Å². The molecule has 1 aliphatic carbocycles. The maximum atomic E-state index is 13.4. The van der Waals surface area contributed by atoms with Gasteiger partial charge in [0.25, 0.3) is 0 Å². The molecule has 2 aromatic rings. The molecule has 0 radical (unpaired) electrons. The molecule has 1 aliphatic rings. The molecule has 0 saturated heterocycles. The van der Waals surface area contributed by atoms with Crippen molar-refractivity contribution in [3.8, 4) is 5.75 Å². The largest absolute Gasteiger partial charge is 0.497 e. The van der Waals surface area contributed by atoms with Crippen LogP contribution in [0.5, 0.6) is 5.75 Å².